The first kappa shape index (κ1) is 10.9. The predicted molar refractivity (Wildman–Crippen MR) is 53.8 cm³/mol. The molecule has 6 heteroatoms. The molecule has 4 nitrogen and oxygen atoms in total. The quantitative estimate of drug-likeness (QED) is 0.834. The molecule has 1 aliphatic rings. The van der Waals surface area contributed by atoms with E-state index in [-0.39, 0.29) is 24.6 Å². The molecule has 0 unspecified atom stereocenters. The number of alkyl halides is 2. The van der Waals surface area contributed by atoms with Crippen LogP contribution in [0.4, 0.5) is 14.6 Å². The van der Waals surface area contributed by atoms with Crippen molar-refractivity contribution in [3.8, 4) is 6.07 Å². The van der Waals surface area contributed by atoms with Crippen LogP contribution in [0.3, 0.4) is 0 Å². The summed E-state index contributed by atoms with van der Waals surface area (Å²) in [4.78, 5) is 0. The van der Waals surface area contributed by atoms with Gasteiger partial charge < -0.3 is 5.73 Å². The van der Waals surface area contributed by atoms with E-state index in [0.29, 0.717) is 17.8 Å². The van der Waals surface area contributed by atoms with E-state index in [4.69, 9.17) is 11.0 Å². The molecule has 2 rings (SSSR count). The van der Waals surface area contributed by atoms with Crippen LogP contribution in [0, 0.1) is 24.2 Å². The van der Waals surface area contributed by atoms with E-state index in [1.54, 1.807) is 6.92 Å². The summed E-state index contributed by atoms with van der Waals surface area (Å²) in [5.74, 6) is -2.35. The Morgan fingerprint density at radius 1 is 1.62 bits per heavy atom. The molecule has 0 radical (unpaired) electrons. The number of nitrogens with zero attached hydrogens (tertiary/aromatic N) is 3. The number of nitrogens with two attached hydrogens (primary N) is 1. The van der Waals surface area contributed by atoms with E-state index in [9.17, 15) is 8.78 Å². The number of nitriles is 1. The molecule has 1 saturated carbocycles. The molecular weight excluding hydrogens is 214 g/mol. The maximum atomic E-state index is 12.6. The van der Waals surface area contributed by atoms with Crippen molar-refractivity contribution in [2.45, 2.75) is 32.2 Å². The van der Waals surface area contributed by atoms with Gasteiger partial charge in [-0.05, 0) is 12.8 Å². The van der Waals surface area contributed by atoms with Crippen LogP contribution in [0.2, 0.25) is 0 Å². The first-order valence-corrected chi connectivity index (χ1v) is 5.04. The van der Waals surface area contributed by atoms with Crippen LogP contribution < -0.4 is 5.73 Å². The van der Waals surface area contributed by atoms with Crippen LogP contribution >= 0.6 is 0 Å². The van der Waals surface area contributed by atoms with Gasteiger partial charge in [-0.2, -0.15) is 10.4 Å². The maximum Gasteiger partial charge on any atom is 0.248 e. The van der Waals surface area contributed by atoms with Crippen molar-refractivity contribution >= 4 is 5.82 Å². The summed E-state index contributed by atoms with van der Waals surface area (Å²) >= 11 is 0. The van der Waals surface area contributed by atoms with Crippen molar-refractivity contribution in [1.29, 1.82) is 5.26 Å². The third-order valence-corrected chi connectivity index (χ3v) is 2.88. The fourth-order valence-electron chi connectivity index (χ4n) is 2.04. The molecule has 0 bridgehead atoms. The molecule has 0 aliphatic heterocycles. The fourth-order valence-corrected chi connectivity index (χ4v) is 2.04. The minimum atomic E-state index is -2.53. The van der Waals surface area contributed by atoms with Crippen LogP contribution in [0.1, 0.15) is 24.1 Å². The van der Waals surface area contributed by atoms with Gasteiger partial charge in [-0.1, -0.05) is 0 Å². The number of hydrogen-bond acceptors (Lipinski definition) is 3. The van der Waals surface area contributed by atoms with Crippen LogP contribution in [-0.4, -0.2) is 15.7 Å². The molecule has 2 N–H and O–H groups in total. The lowest BCUT2D eigenvalue weighted by molar-refractivity contribution is -0.114. The number of nitrogen functional groups attached to an aromatic ring is 1. The lowest BCUT2D eigenvalue weighted by atomic mass is 9.81. The van der Waals surface area contributed by atoms with Crippen molar-refractivity contribution in [3.63, 3.8) is 0 Å². The predicted octanol–water partition coefficient (Wildman–Crippen LogP) is 1.69. The van der Waals surface area contributed by atoms with Gasteiger partial charge in [-0.15, -0.1) is 0 Å². The molecule has 1 heterocycles. The van der Waals surface area contributed by atoms with Crippen LogP contribution in [-0.2, 0) is 6.54 Å². The van der Waals surface area contributed by atoms with Crippen molar-refractivity contribution in [2.24, 2.45) is 5.92 Å². The van der Waals surface area contributed by atoms with Gasteiger partial charge in [0.05, 0.1) is 5.69 Å². The second-order valence-corrected chi connectivity index (χ2v) is 4.27. The summed E-state index contributed by atoms with van der Waals surface area (Å²) in [6, 6.07) is 1.95. The standard InChI is InChI=1S/C10H12F2N4/c1-6-8(4-13)9(14)16(15-6)5-7-2-10(11,12)3-7/h7H,2-3,5,14H2,1H3. The van der Waals surface area contributed by atoms with Crippen molar-refractivity contribution in [1.82, 2.24) is 9.78 Å². The summed E-state index contributed by atoms with van der Waals surface area (Å²) in [7, 11) is 0. The lowest BCUT2D eigenvalue weighted by Crippen LogP contribution is -2.38. The molecule has 1 aromatic rings. The van der Waals surface area contributed by atoms with Gasteiger partial charge in [0.25, 0.3) is 0 Å². The zero-order valence-electron chi connectivity index (χ0n) is 8.87. The van der Waals surface area contributed by atoms with Gasteiger partial charge >= 0.3 is 0 Å². The van der Waals surface area contributed by atoms with Gasteiger partial charge in [0.1, 0.15) is 17.5 Å². The van der Waals surface area contributed by atoms with Gasteiger partial charge in [-0.25, -0.2) is 13.5 Å². The van der Waals surface area contributed by atoms with Crippen LogP contribution in [0.5, 0.6) is 0 Å². The molecular formula is C10H12F2N4. The Bertz CT molecular complexity index is 450. The van der Waals surface area contributed by atoms with Gasteiger partial charge in [0.2, 0.25) is 5.92 Å². The number of hydrogen-bond donors (Lipinski definition) is 1. The summed E-state index contributed by atoms with van der Waals surface area (Å²) in [6.07, 6.45) is -0.236. The van der Waals surface area contributed by atoms with Gasteiger partial charge in [-0.3, -0.25) is 0 Å². The topological polar surface area (TPSA) is 67.6 Å². The van der Waals surface area contributed by atoms with Crippen molar-refractivity contribution < 1.29 is 8.78 Å². The Kier molecular flexibility index (Phi) is 2.34. The lowest BCUT2D eigenvalue weighted by Gasteiger charge is -2.34. The first-order valence-electron chi connectivity index (χ1n) is 5.04. The Labute approximate surface area is 91.7 Å². The zero-order valence-corrected chi connectivity index (χ0v) is 8.87. The normalized spacial score (nSPS) is 19.1. The average molecular weight is 226 g/mol. The highest BCUT2D eigenvalue weighted by Gasteiger charge is 2.45. The van der Waals surface area contributed by atoms with E-state index < -0.39 is 5.92 Å². The number of anilines is 1. The highest BCUT2D eigenvalue weighted by molar-refractivity contribution is 5.51. The van der Waals surface area contributed by atoms with E-state index >= 15 is 0 Å². The first-order chi connectivity index (χ1) is 7.43. The maximum absolute atomic E-state index is 12.6. The number of halogens is 2. The second kappa shape index (κ2) is 3.44. The Morgan fingerprint density at radius 2 is 2.25 bits per heavy atom. The minimum absolute atomic E-state index is 0.0943. The Balaban J connectivity index is 2.10. The molecule has 0 atom stereocenters. The van der Waals surface area contributed by atoms with E-state index in [0.717, 1.165) is 0 Å². The molecule has 0 saturated heterocycles. The molecule has 0 amide bonds. The SMILES string of the molecule is Cc1nn(CC2CC(F)(F)C2)c(N)c1C#N. The molecule has 1 fully saturated rings. The summed E-state index contributed by atoms with van der Waals surface area (Å²) in [5, 5.41) is 12.9. The van der Waals surface area contributed by atoms with Gasteiger partial charge in [0, 0.05) is 19.4 Å². The van der Waals surface area contributed by atoms with E-state index in [1.165, 1.54) is 4.68 Å². The second-order valence-electron chi connectivity index (χ2n) is 4.27. The molecule has 16 heavy (non-hydrogen) atoms. The third-order valence-electron chi connectivity index (χ3n) is 2.88. The molecule has 1 aliphatic carbocycles. The van der Waals surface area contributed by atoms with Gasteiger partial charge in [0.15, 0.2) is 0 Å². The van der Waals surface area contributed by atoms with Crippen LogP contribution in [0.25, 0.3) is 0 Å². The average Bonchev–Trinajstić information content (AvgIpc) is 2.39. The summed E-state index contributed by atoms with van der Waals surface area (Å²) < 4.78 is 26.7. The molecule has 0 spiro atoms. The Morgan fingerprint density at radius 3 is 2.69 bits per heavy atom. The third kappa shape index (κ3) is 1.73. The highest BCUT2D eigenvalue weighted by atomic mass is 19.3. The monoisotopic (exact) mass is 226 g/mol. The highest BCUT2D eigenvalue weighted by Crippen LogP contribution is 2.43. The largest absolute Gasteiger partial charge is 0.383 e. The fraction of sp³-hybridized carbons (Fsp3) is 0.600. The molecule has 1 aromatic heterocycles. The zero-order chi connectivity index (χ0) is 11.9. The number of aryl methyl sites for hydroxylation is 1. The van der Waals surface area contributed by atoms with E-state index in [2.05, 4.69) is 5.10 Å². The molecule has 0 aromatic carbocycles. The smallest absolute Gasteiger partial charge is 0.248 e. The number of aromatic nitrogens is 2. The Hall–Kier alpha value is -1.64. The van der Waals surface area contributed by atoms with Crippen molar-refractivity contribution in [2.75, 3.05) is 5.73 Å². The summed E-state index contributed by atoms with van der Waals surface area (Å²) in [6.45, 7) is 2.05. The van der Waals surface area contributed by atoms with E-state index in [1.807, 2.05) is 6.07 Å². The van der Waals surface area contributed by atoms with Crippen molar-refractivity contribution in [3.05, 3.63) is 11.3 Å². The summed E-state index contributed by atoms with van der Waals surface area (Å²) in [5.41, 5.74) is 6.59. The van der Waals surface area contributed by atoms with Crippen LogP contribution in [0.15, 0.2) is 0 Å². The minimum Gasteiger partial charge on any atom is -0.383 e. The molecule has 86 valence electrons. The number of rotatable bonds is 2.